The summed E-state index contributed by atoms with van der Waals surface area (Å²) >= 11 is 13.5. The lowest BCUT2D eigenvalue weighted by molar-refractivity contribution is -0.113. The summed E-state index contributed by atoms with van der Waals surface area (Å²) in [5.74, 6) is 0.886. The molecule has 0 aliphatic rings. The maximum Gasteiger partial charge on any atom is 0.261 e. The Kier molecular flexibility index (Phi) is 10.9. The van der Waals surface area contributed by atoms with Gasteiger partial charge in [0, 0.05) is 17.8 Å². The molecule has 0 unspecified atom stereocenters. The minimum atomic E-state index is -3.94. The zero-order valence-corrected chi connectivity index (χ0v) is 26.6. The van der Waals surface area contributed by atoms with Crippen LogP contribution in [0.4, 0.5) is 11.4 Å². The summed E-state index contributed by atoms with van der Waals surface area (Å²) in [5, 5.41) is 12.7. The molecule has 2 aromatic carbocycles. The molecular formula is C29H32Cl2N6O3S2. The molecule has 4 rings (SSSR count). The first-order valence-corrected chi connectivity index (χ1v) is 16.6. The number of carbonyl (C=O) groups excluding carboxylic acids is 1. The van der Waals surface area contributed by atoms with Crippen LogP contribution in [0.5, 0.6) is 0 Å². The Morgan fingerprint density at radius 2 is 1.74 bits per heavy atom. The normalized spacial score (nSPS) is 12.3. The number of thioether (sulfide) groups is 1. The van der Waals surface area contributed by atoms with E-state index in [4.69, 9.17) is 23.2 Å². The van der Waals surface area contributed by atoms with E-state index in [1.165, 1.54) is 17.8 Å². The number of hydrogen-bond donors (Lipinski definition) is 2. The molecule has 9 nitrogen and oxygen atoms in total. The van der Waals surface area contributed by atoms with E-state index < -0.39 is 10.0 Å². The summed E-state index contributed by atoms with van der Waals surface area (Å²) in [6.07, 6.45) is 4.47. The quantitative estimate of drug-likeness (QED) is 0.114. The third-order valence-corrected chi connectivity index (χ3v) is 9.33. The van der Waals surface area contributed by atoms with Crippen molar-refractivity contribution in [2.75, 3.05) is 15.8 Å². The molecule has 2 heterocycles. The predicted octanol–water partition coefficient (Wildman–Crippen LogP) is 7.57. The van der Waals surface area contributed by atoms with Crippen LogP contribution in [0.15, 0.2) is 76.9 Å². The number of nitrogens with zero attached hydrogens (tertiary/aromatic N) is 4. The van der Waals surface area contributed by atoms with Crippen LogP contribution in [-0.4, -0.2) is 39.8 Å². The summed E-state index contributed by atoms with van der Waals surface area (Å²) in [6.45, 7) is 6.45. The molecule has 0 saturated heterocycles. The second kappa shape index (κ2) is 14.4. The van der Waals surface area contributed by atoms with E-state index in [1.807, 2.05) is 4.57 Å². The van der Waals surface area contributed by atoms with Crippen molar-refractivity contribution < 1.29 is 13.2 Å². The molecule has 0 aliphatic carbocycles. The highest BCUT2D eigenvalue weighted by Crippen LogP contribution is 2.32. The van der Waals surface area contributed by atoms with Gasteiger partial charge < -0.3 is 5.32 Å². The van der Waals surface area contributed by atoms with Gasteiger partial charge in [0.05, 0.1) is 27.0 Å². The monoisotopic (exact) mass is 646 g/mol. The maximum atomic E-state index is 13.2. The fourth-order valence-electron chi connectivity index (χ4n) is 4.27. The van der Waals surface area contributed by atoms with Gasteiger partial charge in [-0.1, -0.05) is 85.9 Å². The molecule has 0 saturated carbocycles. The van der Waals surface area contributed by atoms with Crippen molar-refractivity contribution in [1.29, 1.82) is 0 Å². The average molecular weight is 648 g/mol. The van der Waals surface area contributed by atoms with Gasteiger partial charge in [-0.15, -0.1) is 10.2 Å². The van der Waals surface area contributed by atoms with E-state index >= 15 is 0 Å². The van der Waals surface area contributed by atoms with E-state index in [2.05, 4.69) is 46.0 Å². The number of halogens is 2. The third-order valence-electron chi connectivity index (χ3n) is 6.39. The number of para-hydroxylation sites is 1. The van der Waals surface area contributed by atoms with Crippen LogP contribution in [-0.2, 0) is 14.8 Å². The molecule has 13 heteroatoms. The first-order chi connectivity index (χ1) is 20.0. The summed E-state index contributed by atoms with van der Waals surface area (Å²) in [7, 11) is -3.94. The van der Waals surface area contributed by atoms with Gasteiger partial charge in [0.15, 0.2) is 16.1 Å². The summed E-state index contributed by atoms with van der Waals surface area (Å²) in [5.41, 5.74) is 1.30. The molecule has 0 fully saturated rings. The number of carbonyl (C=O) groups is 1. The highest BCUT2D eigenvalue weighted by atomic mass is 35.5. The number of nitrogens with one attached hydrogen (secondary N) is 2. The van der Waals surface area contributed by atoms with Crippen molar-refractivity contribution in [3.05, 3.63) is 77.0 Å². The van der Waals surface area contributed by atoms with E-state index in [0.29, 0.717) is 33.2 Å². The number of amides is 1. The molecule has 1 atom stereocenters. The Balaban J connectivity index is 1.61. The molecule has 42 heavy (non-hydrogen) atoms. The number of benzene rings is 2. The summed E-state index contributed by atoms with van der Waals surface area (Å²) in [4.78, 5) is 16.8. The van der Waals surface area contributed by atoms with Gasteiger partial charge in [-0.3, -0.25) is 14.1 Å². The SMILES string of the molecule is CC(C)CCC[C@@H](C)n1c(SCC(=O)Nc2cccnc2Cl)nnc1-c1cccc(S(=O)(=O)Nc2ccccc2Cl)c1. The second-order valence-corrected chi connectivity index (χ2v) is 13.5. The van der Waals surface area contributed by atoms with Gasteiger partial charge in [-0.25, -0.2) is 13.4 Å². The molecule has 1 amide bonds. The van der Waals surface area contributed by atoms with Gasteiger partial charge in [-0.2, -0.15) is 0 Å². The molecule has 222 valence electrons. The lowest BCUT2D eigenvalue weighted by atomic mass is 10.0. The highest BCUT2D eigenvalue weighted by molar-refractivity contribution is 7.99. The number of sulfonamides is 1. The van der Waals surface area contributed by atoms with E-state index in [9.17, 15) is 13.2 Å². The van der Waals surface area contributed by atoms with Crippen molar-refractivity contribution in [3.63, 3.8) is 0 Å². The summed E-state index contributed by atoms with van der Waals surface area (Å²) < 4.78 is 31.0. The number of rotatable bonds is 13. The minimum absolute atomic E-state index is 0.00593. The van der Waals surface area contributed by atoms with Crippen LogP contribution in [0, 0.1) is 5.92 Å². The van der Waals surface area contributed by atoms with Crippen LogP contribution in [0.1, 0.15) is 46.1 Å². The fourth-order valence-corrected chi connectivity index (χ4v) is 6.63. The number of aromatic nitrogens is 4. The smallest absolute Gasteiger partial charge is 0.261 e. The van der Waals surface area contributed by atoms with Crippen LogP contribution < -0.4 is 10.0 Å². The van der Waals surface area contributed by atoms with Crippen molar-refractivity contribution in [1.82, 2.24) is 19.7 Å². The van der Waals surface area contributed by atoms with Gasteiger partial charge in [0.2, 0.25) is 5.91 Å². The molecule has 4 aromatic rings. The van der Waals surface area contributed by atoms with Crippen molar-refractivity contribution in [3.8, 4) is 11.4 Å². The van der Waals surface area contributed by atoms with Gasteiger partial charge in [0.25, 0.3) is 10.0 Å². The topological polar surface area (TPSA) is 119 Å². The Hall–Kier alpha value is -3.12. The number of anilines is 2. The Morgan fingerprint density at radius 1 is 0.976 bits per heavy atom. The lowest BCUT2D eigenvalue weighted by Crippen LogP contribution is -2.16. The third kappa shape index (κ3) is 8.25. The van der Waals surface area contributed by atoms with Gasteiger partial charge in [0.1, 0.15) is 0 Å². The lowest BCUT2D eigenvalue weighted by Gasteiger charge is -2.19. The number of pyridine rings is 1. The van der Waals surface area contributed by atoms with E-state index in [-0.39, 0.29) is 33.4 Å². The zero-order valence-electron chi connectivity index (χ0n) is 23.4. The van der Waals surface area contributed by atoms with E-state index in [0.717, 1.165) is 19.3 Å². The van der Waals surface area contributed by atoms with Crippen molar-refractivity contribution in [2.45, 2.75) is 56.1 Å². The number of hydrogen-bond acceptors (Lipinski definition) is 7. The molecule has 0 radical (unpaired) electrons. The second-order valence-electron chi connectivity index (χ2n) is 10.1. The van der Waals surface area contributed by atoms with Crippen LogP contribution in [0.2, 0.25) is 10.2 Å². The van der Waals surface area contributed by atoms with Crippen molar-refractivity contribution in [2.24, 2.45) is 5.92 Å². The maximum absolute atomic E-state index is 13.2. The standard InChI is InChI=1S/C29H32Cl2N6O3S2/c1-19(2)9-6-10-20(3)37-28(34-35-29(37)41-18-26(38)33-25-15-8-16-32-27(25)31)21-11-7-12-22(17-21)42(39,40)36-24-14-5-4-13-23(24)30/h4-5,7-8,11-17,19-20,36H,6,9-10,18H2,1-3H3,(H,33,38)/t20-/m1/s1. The molecule has 2 N–H and O–H groups in total. The average Bonchev–Trinajstić information content (AvgIpc) is 3.38. The van der Waals surface area contributed by atoms with Gasteiger partial charge in [-0.05, 0) is 55.7 Å². The van der Waals surface area contributed by atoms with E-state index in [1.54, 1.807) is 60.8 Å². The largest absolute Gasteiger partial charge is 0.323 e. The van der Waals surface area contributed by atoms with Crippen molar-refractivity contribution >= 4 is 62.3 Å². The predicted molar refractivity (Wildman–Crippen MR) is 170 cm³/mol. The molecule has 2 aromatic heterocycles. The Bertz CT molecular complexity index is 1650. The first kappa shape index (κ1) is 31.8. The van der Waals surface area contributed by atoms with Crippen LogP contribution in [0.3, 0.4) is 0 Å². The molecule has 0 spiro atoms. The summed E-state index contributed by atoms with van der Waals surface area (Å²) in [6, 6.07) is 16.5. The first-order valence-electron chi connectivity index (χ1n) is 13.4. The minimum Gasteiger partial charge on any atom is -0.323 e. The highest BCUT2D eigenvalue weighted by Gasteiger charge is 2.23. The zero-order chi connectivity index (χ0) is 30.3. The van der Waals surface area contributed by atoms with Gasteiger partial charge >= 0.3 is 0 Å². The van der Waals surface area contributed by atoms with Crippen LogP contribution >= 0.6 is 35.0 Å². The van der Waals surface area contributed by atoms with Crippen LogP contribution in [0.25, 0.3) is 11.4 Å². The molecule has 0 bridgehead atoms. The fraction of sp³-hybridized carbons (Fsp3) is 0.310. The molecule has 0 aliphatic heterocycles. The Morgan fingerprint density at radius 3 is 2.48 bits per heavy atom. The Labute approximate surface area is 260 Å². The molecular weight excluding hydrogens is 615 g/mol.